The summed E-state index contributed by atoms with van der Waals surface area (Å²) < 4.78 is 15.9. The van der Waals surface area contributed by atoms with E-state index in [9.17, 15) is 9.90 Å². The summed E-state index contributed by atoms with van der Waals surface area (Å²) in [7, 11) is 1.59. The van der Waals surface area contributed by atoms with Crippen molar-refractivity contribution < 1.29 is 23.9 Å². The molecule has 1 aliphatic carbocycles. The molecule has 0 radical (unpaired) electrons. The van der Waals surface area contributed by atoms with Crippen LogP contribution in [0.1, 0.15) is 25.0 Å². The van der Waals surface area contributed by atoms with E-state index in [-0.39, 0.29) is 29.9 Å². The molecule has 2 fully saturated rings. The van der Waals surface area contributed by atoms with Gasteiger partial charge in [-0.3, -0.25) is 4.79 Å². The average molecular weight is 346 g/mol. The van der Waals surface area contributed by atoms with Crippen LogP contribution in [0.5, 0.6) is 5.75 Å². The quantitative estimate of drug-likeness (QED) is 0.870. The number of methoxy groups -OCH3 is 1. The number of nitrogens with zero attached hydrogens (tertiary/aromatic N) is 1. The molecule has 1 aromatic heterocycles. The number of fused-ring (bicyclic) bond motifs is 1. The van der Waals surface area contributed by atoms with Crippen LogP contribution in [0.4, 0.5) is 0 Å². The maximum Gasteiger partial charge on any atom is 0.226 e. The van der Waals surface area contributed by atoms with E-state index in [0.29, 0.717) is 36.7 Å². The van der Waals surface area contributed by atoms with Crippen LogP contribution in [0.3, 0.4) is 0 Å². The van der Waals surface area contributed by atoms with Gasteiger partial charge in [0.2, 0.25) is 5.91 Å². The molecule has 1 aromatic carbocycles. The van der Waals surface area contributed by atoms with Gasteiger partial charge in [-0.1, -0.05) is 5.16 Å². The standard InChI is InChI=1S/C18H22N2O5/c1-23-11-2-3-14-12(8-11)13(20-25-14)9-17(22)19-15-10-16(21)18(15)4-6-24-7-5-18/h2-3,8,15-16,21H,4-7,9-10H2,1H3,(H,19,22)/t15-,16-/m1/s1. The van der Waals surface area contributed by atoms with E-state index in [2.05, 4.69) is 10.5 Å². The van der Waals surface area contributed by atoms with Crippen molar-refractivity contribution in [3.05, 3.63) is 23.9 Å². The molecule has 1 saturated carbocycles. The van der Waals surface area contributed by atoms with Crippen LogP contribution in [0.25, 0.3) is 11.0 Å². The minimum atomic E-state index is -0.362. The maximum absolute atomic E-state index is 12.5. The molecule has 1 aliphatic heterocycles. The fourth-order valence-electron chi connectivity index (χ4n) is 4.02. The second-order valence-corrected chi connectivity index (χ2v) is 6.89. The van der Waals surface area contributed by atoms with Gasteiger partial charge >= 0.3 is 0 Å². The summed E-state index contributed by atoms with van der Waals surface area (Å²) in [6.45, 7) is 1.27. The van der Waals surface area contributed by atoms with Crippen LogP contribution in [0, 0.1) is 5.41 Å². The zero-order valence-corrected chi connectivity index (χ0v) is 14.2. The van der Waals surface area contributed by atoms with E-state index in [4.69, 9.17) is 14.0 Å². The Morgan fingerprint density at radius 3 is 2.96 bits per heavy atom. The highest BCUT2D eigenvalue weighted by molar-refractivity contribution is 5.87. The molecule has 2 heterocycles. The van der Waals surface area contributed by atoms with E-state index >= 15 is 0 Å². The number of rotatable bonds is 4. The van der Waals surface area contributed by atoms with Gasteiger partial charge in [0, 0.05) is 30.1 Å². The zero-order chi connectivity index (χ0) is 17.4. The molecule has 0 bridgehead atoms. The van der Waals surface area contributed by atoms with E-state index < -0.39 is 0 Å². The van der Waals surface area contributed by atoms with Crippen LogP contribution in [0.15, 0.2) is 22.7 Å². The summed E-state index contributed by atoms with van der Waals surface area (Å²) in [5.41, 5.74) is 0.985. The fourth-order valence-corrected chi connectivity index (χ4v) is 4.02. The lowest BCUT2D eigenvalue weighted by molar-refractivity contribution is -0.155. The molecule has 2 N–H and O–H groups in total. The lowest BCUT2D eigenvalue weighted by atomic mass is 9.58. The number of hydrogen-bond donors (Lipinski definition) is 2. The Morgan fingerprint density at radius 1 is 1.44 bits per heavy atom. The third-order valence-corrected chi connectivity index (χ3v) is 5.66. The Labute approximate surface area is 145 Å². The first-order valence-electron chi connectivity index (χ1n) is 8.60. The molecule has 2 atom stereocenters. The predicted octanol–water partition coefficient (Wildman–Crippen LogP) is 1.43. The summed E-state index contributed by atoms with van der Waals surface area (Å²) in [6.07, 6.45) is 1.93. The minimum absolute atomic E-state index is 0.00778. The Morgan fingerprint density at radius 2 is 2.24 bits per heavy atom. The first-order valence-corrected chi connectivity index (χ1v) is 8.60. The highest BCUT2D eigenvalue weighted by atomic mass is 16.5. The van der Waals surface area contributed by atoms with Gasteiger partial charge in [-0.15, -0.1) is 0 Å². The summed E-state index contributed by atoms with van der Waals surface area (Å²) in [5.74, 6) is 0.585. The molecule has 1 spiro atoms. The molecule has 2 aromatic rings. The first kappa shape index (κ1) is 16.4. The Kier molecular flexibility index (Phi) is 4.13. The third-order valence-electron chi connectivity index (χ3n) is 5.66. The van der Waals surface area contributed by atoms with E-state index in [1.807, 2.05) is 6.07 Å². The number of aliphatic hydroxyl groups excluding tert-OH is 1. The number of aliphatic hydroxyl groups is 1. The minimum Gasteiger partial charge on any atom is -0.497 e. The van der Waals surface area contributed by atoms with Crippen molar-refractivity contribution >= 4 is 16.9 Å². The smallest absolute Gasteiger partial charge is 0.226 e. The normalized spacial score (nSPS) is 24.9. The van der Waals surface area contributed by atoms with Crippen molar-refractivity contribution in [2.24, 2.45) is 5.41 Å². The van der Waals surface area contributed by atoms with Crippen molar-refractivity contribution in [3.63, 3.8) is 0 Å². The van der Waals surface area contributed by atoms with Crippen LogP contribution >= 0.6 is 0 Å². The Hall–Kier alpha value is -2.12. The lowest BCUT2D eigenvalue weighted by Crippen LogP contribution is -2.65. The number of nitrogens with one attached hydrogen (secondary N) is 1. The van der Waals surface area contributed by atoms with Gasteiger partial charge in [0.15, 0.2) is 5.58 Å². The number of amides is 1. The van der Waals surface area contributed by atoms with Gasteiger partial charge in [-0.25, -0.2) is 0 Å². The van der Waals surface area contributed by atoms with Crippen LogP contribution in [0.2, 0.25) is 0 Å². The molecule has 1 saturated heterocycles. The van der Waals surface area contributed by atoms with Crippen LogP contribution < -0.4 is 10.1 Å². The number of benzene rings is 1. The maximum atomic E-state index is 12.5. The SMILES string of the molecule is COc1ccc2onc(CC(=O)N[C@@H]3C[C@@H](O)C34CCOCC4)c2c1. The Bertz CT molecular complexity index is 781. The van der Waals surface area contributed by atoms with Gasteiger partial charge in [0.1, 0.15) is 11.4 Å². The van der Waals surface area contributed by atoms with Crippen molar-refractivity contribution in [2.45, 2.75) is 37.8 Å². The molecule has 25 heavy (non-hydrogen) atoms. The van der Waals surface area contributed by atoms with E-state index in [1.165, 1.54) is 0 Å². The van der Waals surface area contributed by atoms with Crippen LogP contribution in [-0.2, 0) is 16.0 Å². The topological polar surface area (TPSA) is 93.8 Å². The number of carbonyl (C=O) groups is 1. The highest BCUT2D eigenvalue weighted by Crippen LogP contribution is 2.48. The zero-order valence-electron chi connectivity index (χ0n) is 14.2. The van der Waals surface area contributed by atoms with Crippen molar-refractivity contribution in [1.29, 1.82) is 0 Å². The molecule has 2 aliphatic rings. The molecule has 7 nitrogen and oxygen atoms in total. The van der Waals surface area contributed by atoms with Gasteiger partial charge in [-0.05, 0) is 37.5 Å². The fraction of sp³-hybridized carbons (Fsp3) is 0.556. The molecule has 7 heteroatoms. The second kappa shape index (κ2) is 6.31. The summed E-state index contributed by atoms with van der Waals surface area (Å²) in [5, 5.41) is 18.1. The number of hydrogen-bond acceptors (Lipinski definition) is 6. The number of carbonyl (C=O) groups excluding carboxylic acids is 1. The molecule has 4 rings (SSSR count). The molecule has 134 valence electrons. The predicted molar refractivity (Wildman–Crippen MR) is 89.3 cm³/mol. The Balaban J connectivity index is 1.46. The van der Waals surface area contributed by atoms with Crippen molar-refractivity contribution in [2.75, 3.05) is 20.3 Å². The van der Waals surface area contributed by atoms with Crippen LogP contribution in [-0.4, -0.2) is 48.6 Å². The average Bonchev–Trinajstić information content (AvgIpc) is 3.04. The van der Waals surface area contributed by atoms with Gasteiger partial charge in [-0.2, -0.15) is 0 Å². The van der Waals surface area contributed by atoms with Crippen molar-refractivity contribution in [1.82, 2.24) is 10.5 Å². The molecule has 0 unspecified atom stereocenters. The number of aromatic nitrogens is 1. The summed E-state index contributed by atoms with van der Waals surface area (Å²) in [6, 6.07) is 5.39. The molecular formula is C18H22N2O5. The third kappa shape index (κ3) is 2.77. The van der Waals surface area contributed by atoms with Crippen molar-refractivity contribution in [3.8, 4) is 5.75 Å². The lowest BCUT2D eigenvalue weighted by Gasteiger charge is -2.55. The second-order valence-electron chi connectivity index (χ2n) is 6.89. The van der Waals surface area contributed by atoms with Gasteiger partial charge in [0.25, 0.3) is 0 Å². The van der Waals surface area contributed by atoms with Gasteiger partial charge < -0.3 is 24.4 Å². The van der Waals surface area contributed by atoms with E-state index in [0.717, 1.165) is 18.2 Å². The van der Waals surface area contributed by atoms with E-state index in [1.54, 1.807) is 19.2 Å². The monoisotopic (exact) mass is 346 g/mol. The molecular weight excluding hydrogens is 324 g/mol. The summed E-state index contributed by atoms with van der Waals surface area (Å²) in [4.78, 5) is 12.5. The largest absolute Gasteiger partial charge is 0.497 e. The highest BCUT2D eigenvalue weighted by Gasteiger charge is 2.55. The molecule has 1 amide bonds. The first-order chi connectivity index (χ1) is 12.1. The summed E-state index contributed by atoms with van der Waals surface area (Å²) >= 11 is 0. The van der Waals surface area contributed by atoms with Gasteiger partial charge in [0.05, 0.1) is 19.6 Å². The number of ether oxygens (including phenoxy) is 2.